The van der Waals surface area contributed by atoms with Gasteiger partial charge in [-0.3, -0.25) is 4.79 Å². The van der Waals surface area contributed by atoms with Gasteiger partial charge in [0.1, 0.15) is 28.3 Å². The Hall–Kier alpha value is -3.34. The number of nitrogens with one attached hydrogen (secondary N) is 1. The molecule has 2 unspecified atom stereocenters. The molecular formula is C27H26FNO3. The van der Waals surface area contributed by atoms with Crippen LogP contribution in [0.5, 0.6) is 11.5 Å². The Kier molecular flexibility index (Phi) is 4.73. The van der Waals surface area contributed by atoms with Crippen LogP contribution in [0, 0.1) is 11.7 Å². The molecule has 5 heteroatoms. The summed E-state index contributed by atoms with van der Waals surface area (Å²) in [4.78, 5) is 13.9. The minimum Gasteiger partial charge on any atom is -0.494 e. The molecule has 0 fully saturated rings. The Bertz CT molecular complexity index is 1190. The minimum absolute atomic E-state index is 0.0624. The number of amides is 1. The lowest BCUT2D eigenvalue weighted by molar-refractivity contribution is -0.126. The lowest BCUT2D eigenvalue weighted by Crippen LogP contribution is -2.58. The van der Waals surface area contributed by atoms with Crippen LogP contribution in [-0.2, 0) is 16.6 Å². The molecule has 0 saturated heterocycles. The fraction of sp³-hybridized carbons (Fsp3) is 0.296. The van der Waals surface area contributed by atoms with E-state index >= 15 is 0 Å². The van der Waals surface area contributed by atoms with Crippen LogP contribution >= 0.6 is 0 Å². The summed E-state index contributed by atoms with van der Waals surface area (Å²) in [5.74, 6) is 0.798. The molecule has 1 spiro atoms. The highest BCUT2D eigenvalue weighted by Gasteiger charge is 2.62. The van der Waals surface area contributed by atoms with Gasteiger partial charge in [-0.2, -0.15) is 0 Å². The number of benzene rings is 3. The number of hydrogen-bond acceptors (Lipinski definition) is 3. The van der Waals surface area contributed by atoms with Crippen LogP contribution in [0.1, 0.15) is 37.5 Å². The number of carbonyl (C=O) groups is 1. The summed E-state index contributed by atoms with van der Waals surface area (Å²) in [7, 11) is 0. The third kappa shape index (κ3) is 2.99. The van der Waals surface area contributed by atoms with Crippen LogP contribution in [0.4, 0.5) is 10.1 Å². The second kappa shape index (κ2) is 7.37. The lowest BCUT2D eigenvalue weighted by Gasteiger charge is -2.50. The molecule has 2 aliphatic rings. The van der Waals surface area contributed by atoms with Crippen LogP contribution in [0.3, 0.4) is 0 Å². The zero-order valence-electron chi connectivity index (χ0n) is 18.4. The van der Waals surface area contributed by atoms with Crippen molar-refractivity contribution in [3.63, 3.8) is 0 Å². The number of anilines is 1. The van der Waals surface area contributed by atoms with Crippen molar-refractivity contribution in [2.24, 2.45) is 5.92 Å². The highest BCUT2D eigenvalue weighted by atomic mass is 19.1. The molecule has 4 nitrogen and oxygen atoms in total. The maximum absolute atomic E-state index is 13.9. The van der Waals surface area contributed by atoms with E-state index in [2.05, 4.69) is 5.32 Å². The average molecular weight is 432 g/mol. The van der Waals surface area contributed by atoms with Gasteiger partial charge in [0.15, 0.2) is 0 Å². The summed E-state index contributed by atoms with van der Waals surface area (Å²) >= 11 is 0. The van der Waals surface area contributed by atoms with Gasteiger partial charge in [-0.1, -0.05) is 36.4 Å². The Morgan fingerprint density at radius 3 is 2.53 bits per heavy atom. The molecule has 5 rings (SSSR count). The Morgan fingerprint density at radius 1 is 1.03 bits per heavy atom. The summed E-state index contributed by atoms with van der Waals surface area (Å²) in [5, 5.41) is 3.12. The number of rotatable bonds is 4. The van der Waals surface area contributed by atoms with Crippen LogP contribution in [0.25, 0.3) is 0 Å². The molecule has 2 aliphatic heterocycles. The molecule has 0 radical (unpaired) electrons. The van der Waals surface area contributed by atoms with Crippen molar-refractivity contribution in [1.82, 2.24) is 0 Å². The highest BCUT2D eigenvalue weighted by molar-refractivity contribution is 6.09. The van der Waals surface area contributed by atoms with Crippen LogP contribution in [-0.4, -0.2) is 18.1 Å². The first-order chi connectivity index (χ1) is 15.4. The van der Waals surface area contributed by atoms with Gasteiger partial charge in [0.2, 0.25) is 5.91 Å². The van der Waals surface area contributed by atoms with E-state index in [1.54, 1.807) is 12.1 Å². The second-order valence-corrected chi connectivity index (χ2v) is 8.99. The first-order valence-electron chi connectivity index (χ1n) is 11.0. The van der Waals surface area contributed by atoms with Crippen molar-refractivity contribution in [1.29, 1.82) is 0 Å². The third-order valence-corrected chi connectivity index (χ3v) is 6.74. The molecule has 1 N–H and O–H groups in total. The van der Waals surface area contributed by atoms with E-state index in [0.29, 0.717) is 24.5 Å². The van der Waals surface area contributed by atoms with Gasteiger partial charge >= 0.3 is 0 Å². The molecule has 0 aromatic heterocycles. The first-order valence-corrected chi connectivity index (χ1v) is 11.0. The molecule has 0 saturated carbocycles. The number of para-hydroxylation sites is 1. The van der Waals surface area contributed by atoms with E-state index in [0.717, 1.165) is 22.4 Å². The van der Waals surface area contributed by atoms with E-state index in [9.17, 15) is 9.18 Å². The number of carbonyl (C=O) groups excluding carboxylic acids is 1. The Balaban J connectivity index is 1.75. The number of hydrogen-bond donors (Lipinski definition) is 1. The summed E-state index contributed by atoms with van der Waals surface area (Å²) < 4.78 is 25.8. The molecule has 32 heavy (non-hydrogen) atoms. The zero-order chi connectivity index (χ0) is 22.5. The van der Waals surface area contributed by atoms with Gasteiger partial charge in [0, 0.05) is 23.2 Å². The molecule has 2 heterocycles. The van der Waals surface area contributed by atoms with E-state index in [4.69, 9.17) is 9.47 Å². The number of halogens is 1. The molecule has 0 aliphatic carbocycles. The van der Waals surface area contributed by atoms with E-state index in [1.165, 1.54) is 12.1 Å². The van der Waals surface area contributed by atoms with E-state index in [-0.39, 0.29) is 17.6 Å². The quantitative estimate of drug-likeness (QED) is 0.594. The average Bonchev–Trinajstić information content (AvgIpc) is 3.05. The lowest BCUT2D eigenvalue weighted by atomic mass is 9.58. The normalized spacial score (nSPS) is 22.6. The molecular weight excluding hydrogens is 405 g/mol. The largest absolute Gasteiger partial charge is 0.494 e. The predicted octanol–water partition coefficient (Wildman–Crippen LogP) is 5.49. The number of ether oxygens (including phenoxy) is 2. The summed E-state index contributed by atoms with van der Waals surface area (Å²) in [6.45, 7) is 6.52. The van der Waals surface area contributed by atoms with Crippen LogP contribution in [0.2, 0.25) is 0 Å². The van der Waals surface area contributed by atoms with Gasteiger partial charge in [-0.05, 0) is 62.6 Å². The molecule has 2 atom stereocenters. The zero-order valence-corrected chi connectivity index (χ0v) is 18.4. The van der Waals surface area contributed by atoms with Crippen LogP contribution < -0.4 is 14.8 Å². The van der Waals surface area contributed by atoms with Crippen molar-refractivity contribution in [3.05, 3.63) is 89.2 Å². The van der Waals surface area contributed by atoms with Gasteiger partial charge < -0.3 is 14.8 Å². The summed E-state index contributed by atoms with van der Waals surface area (Å²) in [6, 6.07) is 20.1. The maximum atomic E-state index is 13.9. The van der Waals surface area contributed by atoms with Gasteiger partial charge in [-0.25, -0.2) is 4.39 Å². The topological polar surface area (TPSA) is 47.6 Å². The SMILES string of the molecule is CCOc1ccc2c(c1)OC(C)(C)C(Cc1ccc(F)cc1)C21C(=O)Nc2ccccc21. The van der Waals surface area contributed by atoms with Crippen molar-refractivity contribution in [3.8, 4) is 11.5 Å². The standard InChI is InChI=1S/C27H26FNO3/c1-4-31-19-13-14-21-23(16-19)32-26(2,3)24(15-17-9-11-18(28)12-10-17)27(21)20-7-5-6-8-22(20)29-25(27)30/h5-14,16,24H,4,15H2,1-3H3,(H,29,30). The van der Waals surface area contributed by atoms with E-state index in [1.807, 2.05) is 63.2 Å². The van der Waals surface area contributed by atoms with Crippen molar-refractivity contribution in [2.75, 3.05) is 11.9 Å². The van der Waals surface area contributed by atoms with Crippen molar-refractivity contribution in [2.45, 2.75) is 38.2 Å². The number of fused-ring (bicyclic) bond motifs is 4. The molecule has 0 bridgehead atoms. The summed E-state index contributed by atoms with van der Waals surface area (Å²) in [6.07, 6.45) is 0.557. The fourth-order valence-electron chi connectivity index (χ4n) is 5.38. The van der Waals surface area contributed by atoms with Gasteiger partial charge in [-0.15, -0.1) is 0 Å². The molecule has 3 aromatic carbocycles. The van der Waals surface area contributed by atoms with Crippen LogP contribution in [0.15, 0.2) is 66.7 Å². The smallest absolute Gasteiger partial charge is 0.240 e. The third-order valence-electron chi connectivity index (χ3n) is 6.74. The van der Waals surface area contributed by atoms with Crippen molar-refractivity contribution >= 4 is 11.6 Å². The first kappa shape index (κ1) is 20.6. The fourth-order valence-corrected chi connectivity index (χ4v) is 5.38. The minimum atomic E-state index is -0.938. The highest BCUT2D eigenvalue weighted by Crippen LogP contribution is 2.58. The Morgan fingerprint density at radius 2 is 1.78 bits per heavy atom. The molecule has 164 valence electrons. The maximum Gasteiger partial charge on any atom is 0.240 e. The van der Waals surface area contributed by atoms with Gasteiger partial charge in [0.05, 0.1) is 6.61 Å². The Labute approximate surface area is 187 Å². The van der Waals surface area contributed by atoms with Crippen molar-refractivity contribution < 1.29 is 18.7 Å². The molecule has 3 aromatic rings. The summed E-state index contributed by atoms with van der Waals surface area (Å²) in [5.41, 5.74) is 1.93. The predicted molar refractivity (Wildman–Crippen MR) is 122 cm³/mol. The monoisotopic (exact) mass is 431 g/mol. The van der Waals surface area contributed by atoms with E-state index < -0.39 is 11.0 Å². The molecule has 1 amide bonds. The van der Waals surface area contributed by atoms with Gasteiger partial charge in [0.25, 0.3) is 0 Å². The second-order valence-electron chi connectivity index (χ2n) is 8.99.